The number of aliphatic hydroxyl groups is 1. The van der Waals surface area contributed by atoms with Gasteiger partial charge in [-0.1, -0.05) is 127 Å². The van der Waals surface area contributed by atoms with Crippen LogP contribution in [0.4, 0.5) is 0 Å². The minimum absolute atomic E-state index is 0.0880. The molecule has 0 aromatic carbocycles. The lowest BCUT2D eigenvalue weighted by molar-refractivity contribution is -0.161. The molecule has 0 aliphatic heterocycles. The van der Waals surface area contributed by atoms with Gasteiger partial charge in [0.05, 0.1) is 6.61 Å². The first-order valence-corrected chi connectivity index (χ1v) is 18.2. The van der Waals surface area contributed by atoms with E-state index in [1.807, 2.05) is 0 Å². The van der Waals surface area contributed by atoms with Crippen LogP contribution in [0, 0.1) is 0 Å². The lowest BCUT2D eigenvalue weighted by atomic mass is 10.1. The Morgan fingerprint density at radius 1 is 0.523 bits per heavy atom. The minimum atomic E-state index is -0.788. The molecule has 0 spiro atoms. The zero-order valence-electron chi connectivity index (χ0n) is 28.7. The van der Waals surface area contributed by atoms with Crippen LogP contribution in [-0.2, 0) is 19.1 Å². The molecule has 0 heterocycles. The molecule has 44 heavy (non-hydrogen) atoms. The molecule has 254 valence electrons. The van der Waals surface area contributed by atoms with Crippen molar-refractivity contribution in [3.05, 3.63) is 48.6 Å². The van der Waals surface area contributed by atoms with Gasteiger partial charge in [0.1, 0.15) is 6.61 Å². The van der Waals surface area contributed by atoms with E-state index in [9.17, 15) is 14.7 Å². The fourth-order valence-corrected chi connectivity index (χ4v) is 4.79. The number of esters is 2. The molecule has 0 aliphatic carbocycles. The average molecular weight is 617 g/mol. The summed E-state index contributed by atoms with van der Waals surface area (Å²) in [4.78, 5) is 24.2. The Hall–Kier alpha value is -2.14. The normalized spacial score (nSPS) is 12.7. The van der Waals surface area contributed by atoms with Gasteiger partial charge < -0.3 is 14.6 Å². The third-order valence-corrected chi connectivity index (χ3v) is 7.60. The van der Waals surface area contributed by atoms with Gasteiger partial charge in [-0.05, 0) is 77.0 Å². The first-order chi connectivity index (χ1) is 21.6. The molecule has 0 radical (unpaired) electrons. The quantitative estimate of drug-likeness (QED) is 0.0462. The van der Waals surface area contributed by atoms with Gasteiger partial charge in [-0.2, -0.15) is 0 Å². The molecule has 1 atom stereocenters. The molecule has 0 saturated carbocycles. The Kier molecular flexibility index (Phi) is 33.6. The van der Waals surface area contributed by atoms with Crippen LogP contribution in [0.1, 0.15) is 168 Å². The van der Waals surface area contributed by atoms with Crippen LogP contribution >= 0.6 is 0 Å². The summed E-state index contributed by atoms with van der Waals surface area (Å²) >= 11 is 0. The van der Waals surface area contributed by atoms with Gasteiger partial charge in [0.15, 0.2) is 6.10 Å². The van der Waals surface area contributed by atoms with Gasteiger partial charge in [0.2, 0.25) is 0 Å². The predicted octanol–water partition coefficient (Wildman–Crippen LogP) is 11.1. The van der Waals surface area contributed by atoms with Gasteiger partial charge in [-0.15, -0.1) is 0 Å². The van der Waals surface area contributed by atoms with Crippen molar-refractivity contribution in [3.63, 3.8) is 0 Å². The number of hydrogen-bond acceptors (Lipinski definition) is 5. The highest BCUT2D eigenvalue weighted by molar-refractivity contribution is 5.70. The fourth-order valence-electron chi connectivity index (χ4n) is 4.79. The van der Waals surface area contributed by atoms with E-state index >= 15 is 0 Å². The molecular formula is C39H68O5. The van der Waals surface area contributed by atoms with Gasteiger partial charge in [-0.25, -0.2) is 0 Å². The average Bonchev–Trinajstić information content (AvgIpc) is 3.02. The zero-order valence-corrected chi connectivity index (χ0v) is 28.7. The molecule has 0 rings (SSSR count). The predicted molar refractivity (Wildman–Crippen MR) is 187 cm³/mol. The van der Waals surface area contributed by atoms with Crippen molar-refractivity contribution in [1.29, 1.82) is 0 Å². The van der Waals surface area contributed by atoms with E-state index in [1.165, 1.54) is 89.9 Å². The Labute approximate surface area is 271 Å². The summed E-state index contributed by atoms with van der Waals surface area (Å²) in [6, 6.07) is 0. The summed E-state index contributed by atoms with van der Waals surface area (Å²) in [6.07, 6.45) is 43.0. The molecule has 0 aromatic rings. The third kappa shape index (κ3) is 32.8. The molecule has 0 saturated heterocycles. The monoisotopic (exact) mass is 617 g/mol. The summed E-state index contributed by atoms with van der Waals surface area (Å²) < 4.78 is 10.5. The van der Waals surface area contributed by atoms with Crippen LogP contribution in [0.15, 0.2) is 48.6 Å². The SMILES string of the molecule is CCCCCC=CCC=CCC=CCCCCC(=O)OCC(CO)OC(=O)CCCCCCCCCC=CCCCCCC. The van der Waals surface area contributed by atoms with Crippen molar-refractivity contribution < 1.29 is 24.2 Å². The Morgan fingerprint density at radius 3 is 1.48 bits per heavy atom. The number of carbonyl (C=O) groups is 2. The largest absolute Gasteiger partial charge is 0.462 e. The summed E-state index contributed by atoms with van der Waals surface area (Å²) in [5, 5.41) is 9.52. The summed E-state index contributed by atoms with van der Waals surface area (Å²) in [6.45, 7) is 4.04. The standard InChI is InChI=1S/C39H68O5/c1-3-5-7-9-11-13-15-17-19-21-23-25-27-29-31-33-38(41)43-36-37(35-40)44-39(42)34-32-30-28-26-24-22-20-18-16-14-12-10-8-6-4-2/h11,13-14,16-17,19,23,25,37,40H,3-10,12,15,18,20-22,24,26-36H2,1-2H3. The highest BCUT2D eigenvalue weighted by Gasteiger charge is 2.16. The lowest BCUT2D eigenvalue weighted by Gasteiger charge is -2.15. The van der Waals surface area contributed by atoms with E-state index in [0.717, 1.165) is 51.4 Å². The fraction of sp³-hybridized carbons (Fsp3) is 0.744. The van der Waals surface area contributed by atoms with Gasteiger partial charge in [-0.3, -0.25) is 9.59 Å². The molecule has 0 aromatic heterocycles. The van der Waals surface area contributed by atoms with Gasteiger partial charge >= 0.3 is 11.9 Å². The first kappa shape index (κ1) is 41.9. The highest BCUT2D eigenvalue weighted by atomic mass is 16.6. The van der Waals surface area contributed by atoms with E-state index in [0.29, 0.717) is 12.8 Å². The number of aliphatic hydroxyl groups excluding tert-OH is 1. The van der Waals surface area contributed by atoms with E-state index < -0.39 is 6.10 Å². The van der Waals surface area contributed by atoms with E-state index in [4.69, 9.17) is 9.47 Å². The van der Waals surface area contributed by atoms with Crippen molar-refractivity contribution in [1.82, 2.24) is 0 Å². The Morgan fingerprint density at radius 2 is 0.909 bits per heavy atom. The molecule has 0 fully saturated rings. The number of carbonyl (C=O) groups excluding carboxylic acids is 2. The molecule has 0 aliphatic rings. The van der Waals surface area contributed by atoms with Crippen LogP contribution in [0.3, 0.4) is 0 Å². The van der Waals surface area contributed by atoms with Crippen molar-refractivity contribution in [3.8, 4) is 0 Å². The topological polar surface area (TPSA) is 72.8 Å². The second-order valence-electron chi connectivity index (χ2n) is 11.9. The highest BCUT2D eigenvalue weighted by Crippen LogP contribution is 2.12. The van der Waals surface area contributed by atoms with Crippen molar-refractivity contribution in [2.45, 2.75) is 174 Å². The smallest absolute Gasteiger partial charge is 0.306 e. The zero-order chi connectivity index (χ0) is 32.2. The van der Waals surface area contributed by atoms with Crippen LogP contribution < -0.4 is 0 Å². The van der Waals surface area contributed by atoms with E-state index in [2.05, 4.69) is 62.5 Å². The number of ether oxygens (including phenoxy) is 2. The molecule has 5 nitrogen and oxygen atoms in total. The van der Waals surface area contributed by atoms with Gasteiger partial charge in [0, 0.05) is 12.8 Å². The molecule has 5 heteroatoms. The second-order valence-corrected chi connectivity index (χ2v) is 11.9. The molecule has 1 unspecified atom stereocenters. The minimum Gasteiger partial charge on any atom is -0.462 e. The van der Waals surface area contributed by atoms with Crippen molar-refractivity contribution in [2.24, 2.45) is 0 Å². The Bertz CT molecular complexity index is 752. The van der Waals surface area contributed by atoms with E-state index in [-0.39, 0.29) is 25.2 Å². The molecule has 0 amide bonds. The maximum absolute atomic E-state index is 12.1. The lowest BCUT2D eigenvalue weighted by Crippen LogP contribution is -2.28. The molecule has 1 N–H and O–H groups in total. The summed E-state index contributed by atoms with van der Waals surface area (Å²) in [5.41, 5.74) is 0. The van der Waals surface area contributed by atoms with Gasteiger partial charge in [0.25, 0.3) is 0 Å². The Balaban J connectivity index is 3.66. The number of hydrogen-bond donors (Lipinski definition) is 1. The maximum Gasteiger partial charge on any atom is 0.306 e. The van der Waals surface area contributed by atoms with Crippen LogP contribution in [-0.4, -0.2) is 36.4 Å². The third-order valence-electron chi connectivity index (χ3n) is 7.60. The molecular weight excluding hydrogens is 548 g/mol. The second kappa shape index (κ2) is 35.3. The summed E-state index contributed by atoms with van der Waals surface area (Å²) in [7, 11) is 0. The number of rotatable bonds is 32. The number of allylic oxidation sites excluding steroid dienone is 8. The van der Waals surface area contributed by atoms with Crippen LogP contribution in [0.5, 0.6) is 0 Å². The molecule has 0 bridgehead atoms. The van der Waals surface area contributed by atoms with Crippen molar-refractivity contribution in [2.75, 3.05) is 13.2 Å². The van der Waals surface area contributed by atoms with Crippen LogP contribution in [0.25, 0.3) is 0 Å². The number of unbranched alkanes of at least 4 members (excludes halogenated alkanes) is 16. The maximum atomic E-state index is 12.1. The first-order valence-electron chi connectivity index (χ1n) is 18.2. The van der Waals surface area contributed by atoms with Crippen LogP contribution in [0.2, 0.25) is 0 Å². The van der Waals surface area contributed by atoms with E-state index in [1.54, 1.807) is 0 Å². The summed E-state index contributed by atoms with van der Waals surface area (Å²) in [5.74, 6) is -0.644. The van der Waals surface area contributed by atoms with Crippen molar-refractivity contribution >= 4 is 11.9 Å².